The number of epoxide rings is 1. The van der Waals surface area contributed by atoms with Crippen LogP contribution in [-0.4, -0.2) is 44.9 Å². The molecule has 4 nitrogen and oxygen atoms in total. The van der Waals surface area contributed by atoms with Gasteiger partial charge in [0.1, 0.15) is 6.10 Å². The second-order valence-electron chi connectivity index (χ2n) is 10.0. The van der Waals surface area contributed by atoms with E-state index in [0.29, 0.717) is 19.6 Å². The SMILES string of the molecule is CC(C)(C)[Si](O[C@@H](COCc1ccccc1)C[C@@H]1O[C@H]1CO)(c1ccccc1)c1ccccc1. The van der Waals surface area contributed by atoms with Gasteiger partial charge in [-0.25, -0.2) is 0 Å². The first-order chi connectivity index (χ1) is 16.4. The molecule has 0 spiro atoms. The van der Waals surface area contributed by atoms with E-state index in [-0.39, 0.29) is 30.0 Å². The van der Waals surface area contributed by atoms with Gasteiger partial charge in [0.25, 0.3) is 8.32 Å². The Labute approximate surface area is 204 Å². The molecule has 180 valence electrons. The van der Waals surface area contributed by atoms with E-state index in [4.69, 9.17) is 13.9 Å². The van der Waals surface area contributed by atoms with Crippen LogP contribution in [0, 0.1) is 0 Å². The maximum atomic E-state index is 9.54. The topological polar surface area (TPSA) is 51.2 Å². The second-order valence-corrected chi connectivity index (χ2v) is 14.3. The van der Waals surface area contributed by atoms with E-state index in [0.717, 1.165) is 5.56 Å². The van der Waals surface area contributed by atoms with Crippen molar-refractivity contribution >= 4 is 18.7 Å². The van der Waals surface area contributed by atoms with Crippen molar-refractivity contribution in [1.82, 2.24) is 0 Å². The molecule has 1 aliphatic rings. The normalized spacial score (nSPS) is 19.1. The Morgan fingerprint density at radius 1 is 0.824 bits per heavy atom. The summed E-state index contributed by atoms with van der Waals surface area (Å²) < 4.78 is 19.2. The number of ether oxygens (including phenoxy) is 2. The largest absolute Gasteiger partial charge is 0.402 e. The maximum Gasteiger partial charge on any atom is 0.261 e. The minimum Gasteiger partial charge on any atom is -0.402 e. The second kappa shape index (κ2) is 11.0. The molecular weight excluding hydrogens is 440 g/mol. The Hall–Kier alpha value is -2.28. The Morgan fingerprint density at radius 3 is 1.82 bits per heavy atom. The third-order valence-corrected chi connectivity index (χ3v) is 11.6. The van der Waals surface area contributed by atoms with Gasteiger partial charge in [0.15, 0.2) is 0 Å². The van der Waals surface area contributed by atoms with Crippen molar-refractivity contribution in [2.75, 3.05) is 13.2 Å². The zero-order valence-electron chi connectivity index (χ0n) is 20.4. The van der Waals surface area contributed by atoms with E-state index in [2.05, 4.69) is 93.6 Å². The summed E-state index contributed by atoms with van der Waals surface area (Å²) in [6, 6.07) is 31.5. The zero-order valence-corrected chi connectivity index (χ0v) is 21.4. The Bertz CT molecular complexity index is 965. The molecule has 0 aromatic heterocycles. The first kappa shape index (κ1) is 24.8. The van der Waals surface area contributed by atoms with Crippen LogP contribution < -0.4 is 10.4 Å². The fourth-order valence-corrected chi connectivity index (χ4v) is 9.46. The molecule has 1 fully saturated rings. The molecule has 1 aliphatic heterocycles. The molecular formula is C29H36O4Si. The summed E-state index contributed by atoms with van der Waals surface area (Å²) in [6.07, 6.45) is 0.453. The molecule has 0 bridgehead atoms. The van der Waals surface area contributed by atoms with E-state index >= 15 is 0 Å². The van der Waals surface area contributed by atoms with Crippen LogP contribution >= 0.6 is 0 Å². The Balaban J connectivity index is 1.66. The number of hydrogen-bond donors (Lipinski definition) is 1. The summed E-state index contributed by atoms with van der Waals surface area (Å²) in [7, 11) is -2.71. The van der Waals surface area contributed by atoms with Gasteiger partial charge in [-0.2, -0.15) is 0 Å². The van der Waals surface area contributed by atoms with E-state index in [1.165, 1.54) is 10.4 Å². The van der Waals surface area contributed by atoms with Crippen molar-refractivity contribution in [3.63, 3.8) is 0 Å². The number of aliphatic hydroxyl groups is 1. The van der Waals surface area contributed by atoms with Gasteiger partial charge >= 0.3 is 0 Å². The van der Waals surface area contributed by atoms with Gasteiger partial charge in [-0.15, -0.1) is 0 Å². The number of hydrogen-bond acceptors (Lipinski definition) is 4. The lowest BCUT2D eigenvalue weighted by Crippen LogP contribution is -2.68. The summed E-state index contributed by atoms with van der Waals surface area (Å²) in [5, 5.41) is 11.9. The molecule has 1 heterocycles. The van der Waals surface area contributed by atoms with Crippen LogP contribution in [0.25, 0.3) is 0 Å². The monoisotopic (exact) mass is 476 g/mol. The third kappa shape index (κ3) is 5.67. The number of rotatable bonds is 11. The summed E-state index contributed by atoms with van der Waals surface area (Å²) in [6.45, 7) is 7.90. The molecule has 1 saturated heterocycles. The molecule has 34 heavy (non-hydrogen) atoms. The van der Waals surface area contributed by atoms with Crippen molar-refractivity contribution in [3.05, 3.63) is 96.6 Å². The number of aliphatic hydroxyl groups excluding tert-OH is 1. The maximum absolute atomic E-state index is 9.54. The van der Waals surface area contributed by atoms with Crippen molar-refractivity contribution in [1.29, 1.82) is 0 Å². The lowest BCUT2D eigenvalue weighted by Gasteiger charge is -2.45. The van der Waals surface area contributed by atoms with Gasteiger partial charge in [-0.1, -0.05) is 112 Å². The lowest BCUT2D eigenvalue weighted by molar-refractivity contribution is 0.0291. The first-order valence-electron chi connectivity index (χ1n) is 12.1. The van der Waals surface area contributed by atoms with Crippen LogP contribution in [-0.2, 0) is 20.5 Å². The highest BCUT2D eigenvalue weighted by atomic mass is 28.4. The van der Waals surface area contributed by atoms with Gasteiger partial charge in [0, 0.05) is 6.42 Å². The molecule has 4 rings (SSSR count). The molecule has 3 aromatic carbocycles. The van der Waals surface area contributed by atoms with Crippen LogP contribution in [0.2, 0.25) is 5.04 Å². The van der Waals surface area contributed by atoms with Crippen molar-refractivity contribution in [2.24, 2.45) is 0 Å². The molecule has 3 aromatic rings. The minimum atomic E-state index is -2.71. The quantitative estimate of drug-likeness (QED) is 0.331. The highest BCUT2D eigenvalue weighted by molar-refractivity contribution is 6.99. The Kier molecular flexibility index (Phi) is 8.01. The molecule has 0 unspecified atom stereocenters. The van der Waals surface area contributed by atoms with Gasteiger partial charge in [0.05, 0.1) is 32.0 Å². The smallest absolute Gasteiger partial charge is 0.261 e. The number of benzene rings is 3. The molecule has 5 heteroatoms. The van der Waals surface area contributed by atoms with Crippen LogP contribution in [0.3, 0.4) is 0 Å². The third-order valence-electron chi connectivity index (χ3n) is 6.54. The summed E-state index contributed by atoms with van der Waals surface area (Å²) in [5.41, 5.74) is 1.14. The first-order valence-corrected chi connectivity index (χ1v) is 14.0. The van der Waals surface area contributed by atoms with Crippen molar-refractivity contribution in [3.8, 4) is 0 Å². The Morgan fingerprint density at radius 2 is 1.35 bits per heavy atom. The van der Waals surface area contributed by atoms with Crippen molar-refractivity contribution in [2.45, 2.75) is 57.1 Å². The van der Waals surface area contributed by atoms with E-state index < -0.39 is 8.32 Å². The van der Waals surface area contributed by atoms with Crippen LogP contribution in [0.5, 0.6) is 0 Å². The summed E-state index contributed by atoms with van der Waals surface area (Å²) in [4.78, 5) is 0. The predicted molar refractivity (Wildman–Crippen MR) is 139 cm³/mol. The molecule has 0 saturated carbocycles. The molecule has 3 atom stereocenters. The van der Waals surface area contributed by atoms with Gasteiger partial charge < -0.3 is 19.0 Å². The fourth-order valence-electron chi connectivity index (χ4n) is 4.78. The average Bonchev–Trinajstić information content (AvgIpc) is 3.61. The van der Waals surface area contributed by atoms with Gasteiger partial charge in [-0.05, 0) is 21.0 Å². The van der Waals surface area contributed by atoms with E-state index in [9.17, 15) is 5.11 Å². The highest BCUT2D eigenvalue weighted by Crippen LogP contribution is 2.39. The molecule has 0 aliphatic carbocycles. The van der Waals surface area contributed by atoms with E-state index in [1.807, 2.05) is 18.2 Å². The average molecular weight is 477 g/mol. The van der Waals surface area contributed by atoms with Gasteiger partial charge in [-0.3, -0.25) is 0 Å². The van der Waals surface area contributed by atoms with Crippen LogP contribution in [0.4, 0.5) is 0 Å². The summed E-state index contributed by atoms with van der Waals surface area (Å²) >= 11 is 0. The molecule has 1 N–H and O–H groups in total. The van der Waals surface area contributed by atoms with Gasteiger partial charge in [0.2, 0.25) is 0 Å². The van der Waals surface area contributed by atoms with E-state index in [1.54, 1.807) is 0 Å². The summed E-state index contributed by atoms with van der Waals surface area (Å²) in [5.74, 6) is 0. The standard InChI is InChI=1S/C29H36O4Si/c1-29(2,3)34(25-15-9-5-10-16-25,26-17-11-6-12-18-26)33-24(19-27-28(20-30)32-27)22-31-21-23-13-7-4-8-14-23/h4-18,24,27-28,30H,19-22H2,1-3H3/t24-,27+,28+/m1/s1. The van der Waals surface area contributed by atoms with Crippen molar-refractivity contribution < 1.29 is 19.0 Å². The lowest BCUT2D eigenvalue weighted by atomic mass is 10.1. The molecule has 0 radical (unpaired) electrons. The van der Waals surface area contributed by atoms with Crippen LogP contribution in [0.15, 0.2) is 91.0 Å². The predicted octanol–water partition coefficient (Wildman–Crippen LogP) is 4.30. The minimum absolute atomic E-state index is 0.00791. The zero-order chi connectivity index (χ0) is 24.0. The van der Waals surface area contributed by atoms with Crippen LogP contribution in [0.1, 0.15) is 32.8 Å². The molecule has 0 amide bonds. The fraction of sp³-hybridized carbons (Fsp3) is 0.379. The highest BCUT2D eigenvalue weighted by Gasteiger charge is 2.52.